The summed E-state index contributed by atoms with van der Waals surface area (Å²) in [5.74, 6) is 8.28. The van der Waals surface area contributed by atoms with Crippen molar-refractivity contribution >= 4 is 11.9 Å². The molecular weight excluding hydrogens is 256 g/mol. The van der Waals surface area contributed by atoms with E-state index in [1.165, 1.54) is 0 Å². The second-order valence-electron chi connectivity index (χ2n) is 3.14. The summed E-state index contributed by atoms with van der Waals surface area (Å²) in [7, 11) is 0. The first-order valence-corrected chi connectivity index (χ1v) is 5.63. The molecule has 0 N–H and O–H groups in total. The van der Waals surface area contributed by atoms with Crippen molar-refractivity contribution in [3.05, 3.63) is 12.2 Å². The van der Waals surface area contributed by atoms with Gasteiger partial charge in [-0.25, -0.2) is 9.59 Å². The molecule has 0 aliphatic carbocycles. The zero-order chi connectivity index (χ0) is 15.1. The number of rotatable bonds is 4. The van der Waals surface area contributed by atoms with E-state index in [0.29, 0.717) is 25.7 Å². The second kappa shape index (κ2) is 12.4. The summed E-state index contributed by atoms with van der Waals surface area (Å²) in [4.78, 5) is 22.2. The minimum atomic E-state index is -0.782. The predicted octanol–water partition coefficient (Wildman–Crippen LogP) is 1.38. The Balaban J connectivity index is 3.96. The maximum atomic E-state index is 11.1. The Hall–Kier alpha value is -3.08. The maximum absolute atomic E-state index is 11.1. The summed E-state index contributed by atoms with van der Waals surface area (Å²) in [5.41, 5.74) is 0. The van der Waals surface area contributed by atoms with E-state index in [4.69, 9.17) is 12.8 Å². The molecule has 4 nitrogen and oxygen atoms in total. The van der Waals surface area contributed by atoms with Crippen molar-refractivity contribution in [3.8, 4) is 48.7 Å². The van der Waals surface area contributed by atoms with Gasteiger partial charge in [0, 0.05) is 37.8 Å². The van der Waals surface area contributed by atoms with Crippen LogP contribution in [0.1, 0.15) is 25.7 Å². The molecule has 0 bridgehead atoms. The summed E-state index contributed by atoms with van der Waals surface area (Å²) in [6.07, 6.45) is 18.0. The third kappa shape index (κ3) is 11.4. The number of carbonyl (C=O) groups is 2. The lowest BCUT2D eigenvalue weighted by molar-refractivity contribution is -0.133. The van der Waals surface area contributed by atoms with Gasteiger partial charge in [-0.3, -0.25) is 0 Å². The number of unbranched alkanes of at least 4 members (excludes halogenated alkanes) is 2. The van der Waals surface area contributed by atoms with E-state index in [2.05, 4.69) is 45.4 Å². The largest absolute Gasteiger partial charge is 0.369 e. The van der Waals surface area contributed by atoms with Gasteiger partial charge < -0.3 is 9.47 Å². The Labute approximate surface area is 118 Å². The minimum absolute atomic E-state index is 0.433. The highest BCUT2D eigenvalue weighted by Gasteiger charge is 1.98. The molecular formula is C16H12O4. The Morgan fingerprint density at radius 3 is 1.55 bits per heavy atom. The second-order valence-corrected chi connectivity index (χ2v) is 3.14. The van der Waals surface area contributed by atoms with Gasteiger partial charge in [-0.15, -0.1) is 24.7 Å². The van der Waals surface area contributed by atoms with Gasteiger partial charge in [0.2, 0.25) is 0 Å². The molecule has 0 unspecified atom stereocenters. The van der Waals surface area contributed by atoms with E-state index in [9.17, 15) is 9.59 Å². The molecule has 0 aliphatic rings. The number of ether oxygens (including phenoxy) is 2. The van der Waals surface area contributed by atoms with Crippen LogP contribution in [0.15, 0.2) is 12.2 Å². The molecule has 100 valence electrons. The number of hydrogen-bond acceptors (Lipinski definition) is 4. The third-order valence-electron chi connectivity index (χ3n) is 1.59. The maximum Gasteiger partial charge on any atom is 0.344 e. The summed E-state index contributed by atoms with van der Waals surface area (Å²) in [6.45, 7) is 0. The highest BCUT2D eigenvalue weighted by Crippen LogP contribution is 1.87. The van der Waals surface area contributed by atoms with E-state index in [0.717, 1.165) is 12.2 Å². The van der Waals surface area contributed by atoms with Gasteiger partial charge in [-0.2, -0.15) is 0 Å². The van der Waals surface area contributed by atoms with Crippen LogP contribution in [0.25, 0.3) is 0 Å². The van der Waals surface area contributed by atoms with Crippen molar-refractivity contribution < 1.29 is 19.1 Å². The number of carbonyl (C=O) groups excluding carboxylic acids is 2. The molecule has 0 saturated heterocycles. The van der Waals surface area contributed by atoms with Gasteiger partial charge in [0.1, 0.15) is 12.2 Å². The van der Waals surface area contributed by atoms with Crippen LogP contribution in [-0.2, 0) is 19.1 Å². The van der Waals surface area contributed by atoms with Crippen molar-refractivity contribution in [1.29, 1.82) is 0 Å². The van der Waals surface area contributed by atoms with Crippen LogP contribution in [0.4, 0.5) is 0 Å². The molecule has 0 rings (SSSR count). The Morgan fingerprint density at radius 1 is 0.800 bits per heavy atom. The first-order valence-electron chi connectivity index (χ1n) is 5.63. The van der Waals surface area contributed by atoms with Crippen LogP contribution in [0, 0.1) is 48.7 Å². The summed E-state index contributed by atoms with van der Waals surface area (Å²) in [6, 6.07) is 0. The standard InChI is InChI=1S/C16H12O4/c1-3-5-7-9-13-19-15(17)11-12-16(18)20-14-10-8-6-4-2/h1-2,11-12H,5-8H2/b12-11-. The van der Waals surface area contributed by atoms with Crippen LogP contribution >= 0.6 is 0 Å². The molecule has 0 spiro atoms. The summed E-state index contributed by atoms with van der Waals surface area (Å²) in [5, 5.41) is 0. The average molecular weight is 268 g/mol. The van der Waals surface area contributed by atoms with Crippen molar-refractivity contribution in [2.75, 3.05) is 0 Å². The average Bonchev–Trinajstić information content (AvgIpc) is 2.44. The van der Waals surface area contributed by atoms with Gasteiger partial charge in [0.25, 0.3) is 0 Å². The van der Waals surface area contributed by atoms with E-state index < -0.39 is 11.9 Å². The Kier molecular flexibility index (Phi) is 10.5. The molecule has 0 aromatic rings. The fourth-order valence-electron chi connectivity index (χ4n) is 0.748. The van der Waals surface area contributed by atoms with Gasteiger partial charge in [-0.05, 0) is 0 Å². The number of esters is 2. The van der Waals surface area contributed by atoms with Gasteiger partial charge >= 0.3 is 11.9 Å². The Bertz CT molecular complexity index is 510. The van der Waals surface area contributed by atoms with Crippen LogP contribution in [0.5, 0.6) is 0 Å². The monoisotopic (exact) mass is 268 g/mol. The Morgan fingerprint density at radius 2 is 1.20 bits per heavy atom. The molecule has 0 amide bonds. The fraction of sp³-hybridized carbons (Fsp3) is 0.250. The first kappa shape index (κ1) is 16.9. The summed E-state index contributed by atoms with van der Waals surface area (Å²) < 4.78 is 8.95. The molecule has 0 saturated carbocycles. The van der Waals surface area contributed by atoms with Crippen LogP contribution < -0.4 is 0 Å². The molecule has 0 aromatic carbocycles. The molecule has 20 heavy (non-hydrogen) atoms. The van der Waals surface area contributed by atoms with Crippen molar-refractivity contribution in [2.24, 2.45) is 0 Å². The van der Waals surface area contributed by atoms with Crippen LogP contribution in [0.3, 0.4) is 0 Å². The predicted molar refractivity (Wildman–Crippen MR) is 73.0 cm³/mol. The van der Waals surface area contributed by atoms with Gasteiger partial charge in [-0.1, -0.05) is 11.8 Å². The molecule has 0 fully saturated rings. The lowest BCUT2D eigenvalue weighted by atomic mass is 10.3. The normalized spacial score (nSPS) is 8.10. The van der Waals surface area contributed by atoms with Crippen molar-refractivity contribution in [1.82, 2.24) is 0 Å². The van der Waals surface area contributed by atoms with Crippen LogP contribution in [0.2, 0.25) is 0 Å². The highest BCUT2D eigenvalue weighted by atomic mass is 16.5. The van der Waals surface area contributed by atoms with Gasteiger partial charge in [0.15, 0.2) is 0 Å². The number of terminal acetylenes is 2. The van der Waals surface area contributed by atoms with Crippen molar-refractivity contribution in [3.63, 3.8) is 0 Å². The molecule has 4 heteroatoms. The molecule has 0 radical (unpaired) electrons. The smallest absolute Gasteiger partial charge is 0.344 e. The SMILES string of the molecule is C#CCCC#COC(=O)/C=C\C(=O)OC#CCCC#C. The van der Waals surface area contributed by atoms with E-state index in [-0.39, 0.29) is 0 Å². The quantitative estimate of drug-likeness (QED) is 0.334. The molecule has 0 heterocycles. The van der Waals surface area contributed by atoms with E-state index in [1.807, 2.05) is 0 Å². The van der Waals surface area contributed by atoms with E-state index >= 15 is 0 Å². The lowest BCUT2D eigenvalue weighted by Gasteiger charge is -1.88. The van der Waals surface area contributed by atoms with Gasteiger partial charge in [0.05, 0.1) is 0 Å². The topological polar surface area (TPSA) is 52.6 Å². The zero-order valence-electron chi connectivity index (χ0n) is 10.8. The third-order valence-corrected chi connectivity index (χ3v) is 1.59. The fourth-order valence-corrected chi connectivity index (χ4v) is 0.748. The molecule has 0 aromatic heterocycles. The van der Waals surface area contributed by atoms with Crippen molar-refractivity contribution in [2.45, 2.75) is 25.7 Å². The van der Waals surface area contributed by atoms with Crippen LogP contribution in [-0.4, -0.2) is 11.9 Å². The zero-order valence-corrected chi connectivity index (χ0v) is 10.8. The molecule has 0 atom stereocenters. The summed E-state index contributed by atoms with van der Waals surface area (Å²) >= 11 is 0. The number of hydrogen-bond donors (Lipinski definition) is 0. The molecule has 0 aliphatic heterocycles. The first-order chi connectivity index (χ1) is 9.70. The van der Waals surface area contributed by atoms with E-state index in [1.54, 1.807) is 0 Å². The lowest BCUT2D eigenvalue weighted by Crippen LogP contribution is -1.99. The highest BCUT2D eigenvalue weighted by molar-refractivity contribution is 5.92. The minimum Gasteiger partial charge on any atom is -0.369 e.